The molecule has 94 heavy (non-hydrogen) atoms. The molecule has 7 rings (SSSR count). The Hall–Kier alpha value is -3.67. The van der Waals surface area contributed by atoms with Crippen LogP contribution in [0.5, 0.6) is 0 Å². The fourth-order valence-electron chi connectivity index (χ4n) is 10.6. The summed E-state index contributed by atoms with van der Waals surface area (Å²) >= 11 is 0. The maximum absolute atomic E-state index is 12.9. The SMILES string of the molecule is O=C(O)[C@H]1O[C@@H](O[C@H]2[C@H](O)[C@@H](O[C@@H]3[C@@H](O)[C@H](O)[C@@H](O[C@@H]4[C@@H](O)[C@H](O[C@H]5[C@H](O)[C@@H](O)[C@H](O[C@H]6[C@H](O)[C@@H](O[C@H]7[C@@H](O)[C@H](O)[C@@H](O)O[C@H]7C(=O)O)O[C@@H](CO)[C@H]6OS(=O)(=O)O)O[C@@H]5C(=O)O)O[C@H](CO)[C@@H]4OS(=O)(=O)O)O[C@H]3C(=O)O)O[C@@H](CO)[C@H]2OS(=O)(=O)O)[C@H](O)[C@@H](O)[C@@H]1O. The molecule has 7 aliphatic rings. The number of aliphatic carboxylic acids is 4. The average Bonchev–Trinajstić information content (AvgIpc) is 0.770. The highest BCUT2D eigenvalue weighted by Crippen LogP contribution is 2.40. The van der Waals surface area contributed by atoms with Gasteiger partial charge in [0, 0.05) is 0 Å². The molecule has 49 nitrogen and oxygen atoms in total. The molecule has 0 amide bonds. The second-order valence-corrected chi connectivity index (χ2v) is 24.4. The third-order valence-corrected chi connectivity index (χ3v) is 16.4. The summed E-state index contributed by atoms with van der Waals surface area (Å²) < 4.78 is 184. The first-order valence-corrected chi connectivity index (χ1v) is 30.7. The number of hydrogen-bond donors (Lipinski definition) is 23. The van der Waals surface area contributed by atoms with Crippen LogP contribution in [-0.2, 0) is 125 Å². The monoisotopic (exact) mass is 1450 g/mol. The second kappa shape index (κ2) is 30.8. The van der Waals surface area contributed by atoms with Gasteiger partial charge in [-0.1, -0.05) is 0 Å². The number of carboxylic acid groups (broad SMARTS) is 4. The molecule has 35 atom stereocenters. The highest BCUT2D eigenvalue weighted by molar-refractivity contribution is 7.81. The quantitative estimate of drug-likeness (QED) is 0.0377. The van der Waals surface area contributed by atoms with E-state index < -0.39 is 290 Å². The van der Waals surface area contributed by atoms with Gasteiger partial charge in [-0.15, -0.1) is 0 Å². The molecule has 7 fully saturated rings. The molecule has 0 bridgehead atoms. The molecule has 0 aromatic heterocycles. The van der Waals surface area contributed by atoms with E-state index in [9.17, 15) is 160 Å². The van der Waals surface area contributed by atoms with Crippen LogP contribution in [0.3, 0.4) is 0 Å². The Balaban J connectivity index is 1.13. The van der Waals surface area contributed by atoms with E-state index >= 15 is 0 Å². The van der Waals surface area contributed by atoms with Gasteiger partial charge >= 0.3 is 55.1 Å². The fourth-order valence-corrected chi connectivity index (χ4v) is 12.1. The van der Waals surface area contributed by atoms with Crippen LogP contribution < -0.4 is 0 Å². The molecule has 0 aromatic carbocycles. The van der Waals surface area contributed by atoms with Crippen molar-refractivity contribution < 1.29 is 234 Å². The van der Waals surface area contributed by atoms with Gasteiger partial charge in [-0.05, 0) is 0 Å². The Morgan fingerprint density at radius 1 is 0.277 bits per heavy atom. The normalized spacial score (nSPS) is 46.7. The molecule has 23 N–H and O–H groups in total. The van der Waals surface area contributed by atoms with Crippen LogP contribution >= 0.6 is 0 Å². The van der Waals surface area contributed by atoms with Gasteiger partial charge in [0.2, 0.25) is 0 Å². The fraction of sp³-hybridized carbons (Fsp3) is 0.905. The summed E-state index contributed by atoms with van der Waals surface area (Å²) in [6, 6.07) is 0. The van der Waals surface area contributed by atoms with E-state index in [2.05, 4.69) is 12.5 Å². The van der Waals surface area contributed by atoms with Crippen LogP contribution in [0.15, 0.2) is 0 Å². The van der Waals surface area contributed by atoms with Crippen molar-refractivity contribution in [2.24, 2.45) is 0 Å². The summed E-state index contributed by atoms with van der Waals surface area (Å²) in [7, 11) is -17.4. The molecule has 52 heteroatoms. The summed E-state index contributed by atoms with van der Waals surface area (Å²) in [5, 5.41) is 213. The summed E-state index contributed by atoms with van der Waals surface area (Å²) in [6.07, 6.45) is -91.3. The molecule has 0 spiro atoms. The topological polar surface area (TPSA) is 784 Å². The van der Waals surface area contributed by atoms with E-state index in [0.717, 1.165) is 0 Å². The molecule has 7 saturated heterocycles. The highest BCUT2D eigenvalue weighted by atomic mass is 32.3. The molecule has 0 aromatic rings. The zero-order valence-electron chi connectivity index (χ0n) is 46.5. The smallest absolute Gasteiger partial charge is 0.397 e. The first-order chi connectivity index (χ1) is 43.5. The van der Waals surface area contributed by atoms with Gasteiger partial charge in [0.1, 0.15) is 146 Å². The van der Waals surface area contributed by atoms with Gasteiger partial charge < -0.3 is 164 Å². The number of aliphatic hydroxyl groups is 16. The zero-order chi connectivity index (χ0) is 70.5. The van der Waals surface area contributed by atoms with Crippen LogP contribution in [0.25, 0.3) is 0 Å². The van der Waals surface area contributed by atoms with Gasteiger partial charge in [0.05, 0.1) is 19.8 Å². The van der Waals surface area contributed by atoms with Crippen molar-refractivity contribution in [2.75, 3.05) is 19.8 Å². The minimum absolute atomic E-state index is 1.44. The van der Waals surface area contributed by atoms with Gasteiger partial charge in [0.25, 0.3) is 0 Å². The van der Waals surface area contributed by atoms with E-state index in [-0.39, 0.29) is 0 Å². The number of carbonyl (C=O) groups is 4. The maximum atomic E-state index is 12.9. The van der Waals surface area contributed by atoms with Crippen molar-refractivity contribution in [3.63, 3.8) is 0 Å². The van der Waals surface area contributed by atoms with Gasteiger partial charge in [0.15, 0.2) is 68.4 Å². The maximum Gasteiger partial charge on any atom is 0.397 e. The Bertz CT molecular complexity index is 2950. The van der Waals surface area contributed by atoms with E-state index in [1.54, 1.807) is 0 Å². The molecular weight excluding hydrogens is 1380 g/mol. The molecule has 0 radical (unpaired) electrons. The van der Waals surface area contributed by atoms with Crippen LogP contribution in [0.4, 0.5) is 0 Å². The van der Waals surface area contributed by atoms with Crippen LogP contribution in [-0.4, -0.2) is 400 Å². The van der Waals surface area contributed by atoms with Crippen LogP contribution in [0, 0.1) is 0 Å². The van der Waals surface area contributed by atoms with E-state index in [1.807, 2.05) is 0 Å². The number of rotatable bonds is 25. The lowest BCUT2D eigenvalue weighted by Crippen LogP contribution is -2.69. The Morgan fingerprint density at radius 3 is 0.777 bits per heavy atom. The number of ether oxygens (including phenoxy) is 13. The first-order valence-electron chi connectivity index (χ1n) is 26.6. The van der Waals surface area contributed by atoms with Crippen molar-refractivity contribution in [1.82, 2.24) is 0 Å². The lowest BCUT2D eigenvalue weighted by atomic mass is 9.95. The minimum atomic E-state index is -5.87. The van der Waals surface area contributed by atoms with Gasteiger partial charge in [-0.2, -0.15) is 25.3 Å². The first kappa shape index (κ1) is 77.7. The summed E-state index contributed by atoms with van der Waals surface area (Å²) in [5.74, 6) is -8.54. The van der Waals surface area contributed by atoms with E-state index in [1.165, 1.54) is 0 Å². The zero-order valence-corrected chi connectivity index (χ0v) is 48.9. The van der Waals surface area contributed by atoms with Crippen molar-refractivity contribution in [2.45, 2.75) is 215 Å². The predicted octanol–water partition coefficient (Wildman–Crippen LogP) is -16.4. The van der Waals surface area contributed by atoms with Gasteiger partial charge in [-0.3, -0.25) is 13.7 Å². The molecule has 0 aliphatic carbocycles. The number of carboxylic acids is 4. The molecular formula is C42H64O49S3. The number of aliphatic hydroxyl groups excluding tert-OH is 16. The minimum Gasteiger partial charge on any atom is -0.479 e. The van der Waals surface area contributed by atoms with Crippen molar-refractivity contribution in [3.8, 4) is 0 Å². The van der Waals surface area contributed by atoms with Gasteiger partial charge in [-0.25, -0.2) is 31.7 Å². The predicted molar refractivity (Wildman–Crippen MR) is 265 cm³/mol. The standard InChI is InChI=1S/C42H64O49S3/c43-1-4-19(89-92(67,68)69)25(83-37-13(52)7(46)8(47)28(86-37)32(58)59)16(55)41(77-4)81-23-10(49)15(54)39(88-30(23)34(62)63)85-27-18(57)42(78-6(3-45)21(27)91-94(73,74)75)82-24-11(50)14(53)38(87-31(24)35(64)65)84-26-17(56)40(76-5(2-44)20(26)90-93(70,71)72)80-22-9(48)12(51)36(66)79-29(22)33(60)61/h4-31,36-57,66H,1-3H2,(H,58,59)(H,60,61)(H,62,63)(H,64,65)(H,67,68,69)(H,70,71,72)(H,73,74,75)/t4-,5-,6+,7-,8-,9-,10-,11+,12-,13+,14+,15-,16-,17-,18+,19+,20+,21-,22-,23+,24-,25-,26-,27+,28-,29+,30+,31-,36-,37+,38+,39-,40+,41+,42-/m0/s1. The summed E-state index contributed by atoms with van der Waals surface area (Å²) in [6.45, 7) is -4.45. The Morgan fingerprint density at radius 2 is 0.511 bits per heavy atom. The third kappa shape index (κ3) is 17.3. The Labute approximate surface area is 523 Å². The molecule has 544 valence electrons. The molecule has 7 aliphatic heterocycles. The highest BCUT2D eigenvalue weighted by Gasteiger charge is 2.62. The lowest BCUT2D eigenvalue weighted by molar-refractivity contribution is -0.392. The Kier molecular flexibility index (Phi) is 25.5. The second-order valence-electron chi connectivity index (χ2n) is 21.2. The molecule has 0 unspecified atom stereocenters. The van der Waals surface area contributed by atoms with Crippen LogP contribution in [0.1, 0.15) is 0 Å². The lowest BCUT2D eigenvalue weighted by Gasteiger charge is -2.50. The van der Waals surface area contributed by atoms with Crippen molar-refractivity contribution >= 4 is 55.1 Å². The van der Waals surface area contributed by atoms with Crippen LogP contribution in [0.2, 0.25) is 0 Å². The van der Waals surface area contributed by atoms with Crippen molar-refractivity contribution in [3.05, 3.63) is 0 Å². The molecule has 7 heterocycles. The van der Waals surface area contributed by atoms with E-state index in [4.69, 9.17) is 61.6 Å². The van der Waals surface area contributed by atoms with Crippen molar-refractivity contribution in [1.29, 1.82) is 0 Å². The average molecular weight is 1450 g/mol. The number of hydrogen-bond acceptors (Lipinski definition) is 42. The molecule has 0 saturated carbocycles. The largest absolute Gasteiger partial charge is 0.479 e. The summed E-state index contributed by atoms with van der Waals surface area (Å²) in [5.41, 5.74) is 0. The third-order valence-electron chi connectivity index (χ3n) is 15.0. The summed E-state index contributed by atoms with van der Waals surface area (Å²) in [4.78, 5) is 49.6. The van der Waals surface area contributed by atoms with E-state index in [0.29, 0.717) is 0 Å².